The maximum absolute atomic E-state index is 5.56. The first-order valence-corrected chi connectivity index (χ1v) is 6.80. The third-order valence-electron chi connectivity index (χ3n) is 3.84. The van der Waals surface area contributed by atoms with Crippen molar-refractivity contribution in [3.63, 3.8) is 0 Å². The molecule has 0 saturated heterocycles. The van der Waals surface area contributed by atoms with Gasteiger partial charge in [0.15, 0.2) is 11.5 Å². The van der Waals surface area contributed by atoms with Gasteiger partial charge in [0.25, 0.3) is 0 Å². The van der Waals surface area contributed by atoms with Gasteiger partial charge in [0.1, 0.15) is 0 Å². The molecule has 2 heteroatoms. The lowest BCUT2D eigenvalue weighted by Crippen LogP contribution is -2.08. The predicted molar refractivity (Wildman–Crippen MR) is 81.5 cm³/mol. The maximum atomic E-state index is 5.56. The summed E-state index contributed by atoms with van der Waals surface area (Å²) in [6, 6.07) is 14.6. The molecule has 2 aromatic carbocycles. The van der Waals surface area contributed by atoms with Crippen molar-refractivity contribution in [2.75, 3.05) is 14.2 Å². The van der Waals surface area contributed by atoms with Crippen LogP contribution in [0.15, 0.2) is 48.5 Å². The minimum Gasteiger partial charge on any atom is -0.493 e. The first-order valence-electron chi connectivity index (χ1n) is 6.80. The summed E-state index contributed by atoms with van der Waals surface area (Å²) in [7, 11) is 3.38. The van der Waals surface area contributed by atoms with Gasteiger partial charge in [0.2, 0.25) is 0 Å². The lowest BCUT2D eigenvalue weighted by atomic mass is 9.84. The number of benzene rings is 2. The van der Waals surface area contributed by atoms with Crippen LogP contribution in [0, 0.1) is 0 Å². The van der Waals surface area contributed by atoms with Crippen molar-refractivity contribution in [3.05, 3.63) is 65.2 Å². The van der Waals surface area contributed by atoms with Crippen LogP contribution in [0.4, 0.5) is 0 Å². The summed E-state index contributed by atoms with van der Waals surface area (Å²) in [6.07, 6.45) is 5.39. The summed E-state index contributed by atoms with van der Waals surface area (Å²) in [5.41, 5.74) is 3.78. The number of rotatable bonds is 3. The molecule has 0 fully saturated rings. The van der Waals surface area contributed by atoms with E-state index in [1.165, 1.54) is 16.7 Å². The zero-order valence-electron chi connectivity index (χ0n) is 11.8. The SMILES string of the molecule is COc1ccc2c(c1OC)CC(c1ccccc1)C=C2. The second-order valence-electron chi connectivity index (χ2n) is 4.95. The fourth-order valence-corrected chi connectivity index (χ4v) is 2.81. The number of hydrogen-bond donors (Lipinski definition) is 0. The van der Waals surface area contributed by atoms with Crippen molar-refractivity contribution in [2.45, 2.75) is 12.3 Å². The Hall–Kier alpha value is -2.22. The van der Waals surface area contributed by atoms with Crippen molar-refractivity contribution >= 4 is 6.08 Å². The molecule has 0 saturated carbocycles. The molecule has 0 N–H and O–H groups in total. The number of ether oxygens (including phenoxy) is 2. The fourth-order valence-electron chi connectivity index (χ4n) is 2.81. The molecular weight excluding hydrogens is 248 g/mol. The van der Waals surface area contributed by atoms with Gasteiger partial charge in [-0.25, -0.2) is 0 Å². The molecule has 3 rings (SSSR count). The highest BCUT2D eigenvalue weighted by atomic mass is 16.5. The Morgan fingerprint density at radius 2 is 1.75 bits per heavy atom. The zero-order valence-corrected chi connectivity index (χ0v) is 11.8. The number of methoxy groups -OCH3 is 2. The van der Waals surface area contributed by atoms with E-state index < -0.39 is 0 Å². The summed E-state index contributed by atoms with van der Waals surface area (Å²) in [6.45, 7) is 0. The molecule has 2 nitrogen and oxygen atoms in total. The molecule has 20 heavy (non-hydrogen) atoms. The average Bonchev–Trinajstić information content (AvgIpc) is 2.54. The van der Waals surface area contributed by atoms with Gasteiger partial charge in [-0.05, 0) is 23.6 Å². The van der Waals surface area contributed by atoms with E-state index in [4.69, 9.17) is 9.47 Å². The van der Waals surface area contributed by atoms with E-state index in [1.54, 1.807) is 14.2 Å². The van der Waals surface area contributed by atoms with E-state index in [-0.39, 0.29) is 0 Å². The van der Waals surface area contributed by atoms with E-state index in [1.807, 2.05) is 12.1 Å². The van der Waals surface area contributed by atoms with Crippen LogP contribution in [-0.2, 0) is 6.42 Å². The number of fused-ring (bicyclic) bond motifs is 1. The van der Waals surface area contributed by atoms with Gasteiger partial charge < -0.3 is 9.47 Å². The third kappa shape index (κ3) is 2.18. The topological polar surface area (TPSA) is 18.5 Å². The number of allylic oxidation sites excluding steroid dienone is 1. The highest BCUT2D eigenvalue weighted by molar-refractivity contribution is 5.65. The summed E-state index contributed by atoms with van der Waals surface area (Å²) >= 11 is 0. The van der Waals surface area contributed by atoms with E-state index in [9.17, 15) is 0 Å². The zero-order chi connectivity index (χ0) is 13.9. The summed E-state index contributed by atoms with van der Waals surface area (Å²) in [5, 5.41) is 0. The van der Waals surface area contributed by atoms with E-state index in [0.717, 1.165) is 17.9 Å². The van der Waals surface area contributed by atoms with Crippen molar-refractivity contribution < 1.29 is 9.47 Å². The Bertz CT molecular complexity index is 629. The highest BCUT2D eigenvalue weighted by Crippen LogP contribution is 2.40. The van der Waals surface area contributed by atoms with E-state index in [2.05, 4.69) is 42.5 Å². The van der Waals surface area contributed by atoms with Crippen molar-refractivity contribution in [1.82, 2.24) is 0 Å². The van der Waals surface area contributed by atoms with Gasteiger partial charge in [0.05, 0.1) is 14.2 Å². The van der Waals surface area contributed by atoms with Gasteiger partial charge in [-0.2, -0.15) is 0 Å². The molecule has 0 bridgehead atoms. The van der Waals surface area contributed by atoms with Crippen molar-refractivity contribution in [1.29, 1.82) is 0 Å². The van der Waals surface area contributed by atoms with Crippen LogP contribution in [0.2, 0.25) is 0 Å². The standard InChI is InChI=1S/C18H18O2/c1-19-17-11-10-14-8-9-15(12-16(14)18(17)20-2)13-6-4-3-5-7-13/h3-11,15H,12H2,1-2H3. The predicted octanol–water partition coefficient (Wildman–Crippen LogP) is 4.06. The second kappa shape index (κ2) is 5.41. The van der Waals surface area contributed by atoms with Gasteiger partial charge in [0, 0.05) is 11.5 Å². The lowest BCUT2D eigenvalue weighted by Gasteiger charge is -2.23. The van der Waals surface area contributed by atoms with Gasteiger partial charge in [-0.3, -0.25) is 0 Å². The number of hydrogen-bond acceptors (Lipinski definition) is 2. The summed E-state index contributed by atoms with van der Waals surface area (Å²) in [5.74, 6) is 2.05. The molecular formula is C18H18O2. The first kappa shape index (κ1) is 12.8. The normalized spacial score (nSPS) is 16.6. The van der Waals surface area contributed by atoms with Crippen LogP contribution in [0.25, 0.3) is 6.08 Å². The van der Waals surface area contributed by atoms with Crippen LogP contribution in [0.5, 0.6) is 11.5 Å². The smallest absolute Gasteiger partial charge is 0.164 e. The van der Waals surface area contributed by atoms with Crippen molar-refractivity contribution in [2.24, 2.45) is 0 Å². The molecule has 0 aromatic heterocycles. The summed E-state index contributed by atoms with van der Waals surface area (Å²) in [4.78, 5) is 0. The van der Waals surface area contributed by atoms with Crippen LogP contribution >= 0.6 is 0 Å². The Morgan fingerprint density at radius 3 is 2.45 bits per heavy atom. The molecule has 1 aliphatic carbocycles. The molecule has 0 spiro atoms. The Balaban J connectivity index is 2.01. The fraction of sp³-hybridized carbons (Fsp3) is 0.222. The monoisotopic (exact) mass is 266 g/mol. The second-order valence-corrected chi connectivity index (χ2v) is 4.95. The Kier molecular flexibility index (Phi) is 3.46. The van der Waals surface area contributed by atoms with Crippen LogP contribution in [0.3, 0.4) is 0 Å². The van der Waals surface area contributed by atoms with Gasteiger partial charge in [-0.1, -0.05) is 48.6 Å². The molecule has 0 aliphatic heterocycles. The quantitative estimate of drug-likeness (QED) is 0.834. The molecule has 102 valence electrons. The largest absolute Gasteiger partial charge is 0.493 e. The van der Waals surface area contributed by atoms with Gasteiger partial charge in [-0.15, -0.1) is 0 Å². The minimum atomic E-state index is 0.393. The van der Waals surface area contributed by atoms with Gasteiger partial charge >= 0.3 is 0 Å². The molecule has 2 aromatic rings. The molecule has 0 radical (unpaired) electrons. The molecule has 0 heterocycles. The molecule has 1 atom stereocenters. The Labute approximate surface area is 119 Å². The van der Waals surface area contributed by atoms with Crippen molar-refractivity contribution in [3.8, 4) is 11.5 Å². The lowest BCUT2D eigenvalue weighted by molar-refractivity contribution is 0.351. The van der Waals surface area contributed by atoms with E-state index >= 15 is 0 Å². The van der Waals surface area contributed by atoms with Crippen LogP contribution in [0.1, 0.15) is 22.6 Å². The third-order valence-corrected chi connectivity index (χ3v) is 3.84. The molecule has 1 aliphatic rings. The summed E-state index contributed by atoms with van der Waals surface area (Å²) < 4.78 is 11.0. The first-order chi connectivity index (χ1) is 9.83. The van der Waals surface area contributed by atoms with Crippen LogP contribution < -0.4 is 9.47 Å². The van der Waals surface area contributed by atoms with E-state index in [0.29, 0.717) is 5.92 Å². The Morgan fingerprint density at radius 1 is 0.950 bits per heavy atom. The maximum Gasteiger partial charge on any atom is 0.164 e. The molecule has 1 unspecified atom stereocenters. The molecule has 0 amide bonds. The van der Waals surface area contributed by atoms with Crippen LogP contribution in [-0.4, -0.2) is 14.2 Å². The average molecular weight is 266 g/mol. The highest BCUT2D eigenvalue weighted by Gasteiger charge is 2.21. The minimum absolute atomic E-state index is 0.393.